The molecule has 2 saturated carbocycles. The molecule has 4 fully saturated rings. The molecule has 2 aliphatic heterocycles. The number of nitrogens with zero attached hydrogens (tertiary/aromatic N) is 3. The summed E-state index contributed by atoms with van der Waals surface area (Å²) in [5, 5.41) is 0. The summed E-state index contributed by atoms with van der Waals surface area (Å²) in [6.45, 7) is 11.6. The van der Waals surface area contributed by atoms with Crippen molar-refractivity contribution in [3.05, 3.63) is 0 Å². The Balaban J connectivity index is 1.27. The Bertz CT molecular complexity index is 707. The van der Waals surface area contributed by atoms with Crippen LogP contribution in [0.15, 0.2) is 0 Å². The van der Waals surface area contributed by atoms with E-state index in [9.17, 15) is 9.59 Å². The number of carbonyl (C=O) groups is 2. The molecule has 0 aromatic heterocycles. The average Bonchev–Trinajstić information content (AvgIpc) is 2.92. The van der Waals surface area contributed by atoms with Crippen molar-refractivity contribution in [2.75, 3.05) is 39.3 Å². The zero-order valence-electron chi connectivity index (χ0n) is 18.5. The van der Waals surface area contributed by atoms with E-state index in [1.165, 1.54) is 37.0 Å². The first-order valence-electron chi connectivity index (χ1n) is 11.6. The van der Waals surface area contributed by atoms with Crippen LogP contribution in [0.5, 0.6) is 0 Å². The highest BCUT2D eigenvalue weighted by Gasteiger charge is 2.64. The van der Waals surface area contributed by atoms with Crippen molar-refractivity contribution in [3.63, 3.8) is 0 Å². The number of piperidine rings is 1. The largest absolute Gasteiger partial charge is 0.298 e. The Morgan fingerprint density at radius 2 is 1.55 bits per heavy atom. The normalized spacial score (nSPS) is 33.6. The molecule has 5 heteroatoms. The fourth-order valence-corrected chi connectivity index (χ4v) is 6.09. The molecule has 5 nitrogen and oxygen atoms in total. The number of hydrogen-bond acceptors (Lipinski definition) is 4. The maximum absolute atomic E-state index is 13.0. The van der Waals surface area contributed by atoms with Gasteiger partial charge >= 0.3 is 0 Å². The fourth-order valence-electron chi connectivity index (χ4n) is 6.09. The Morgan fingerprint density at radius 3 is 2.24 bits per heavy atom. The van der Waals surface area contributed by atoms with Crippen LogP contribution in [0.25, 0.3) is 0 Å². The van der Waals surface area contributed by atoms with Crippen molar-refractivity contribution in [2.24, 2.45) is 16.7 Å². The molecule has 2 saturated heterocycles. The van der Waals surface area contributed by atoms with Gasteiger partial charge in [-0.15, -0.1) is 0 Å². The lowest BCUT2D eigenvalue weighted by molar-refractivity contribution is -0.166. The van der Waals surface area contributed by atoms with E-state index in [2.05, 4.69) is 35.5 Å². The smallest absolute Gasteiger partial charge is 0.236 e. The van der Waals surface area contributed by atoms with Gasteiger partial charge in [-0.1, -0.05) is 51.9 Å². The minimum absolute atomic E-state index is 0.00892. The van der Waals surface area contributed by atoms with Crippen LogP contribution in [0.3, 0.4) is 0 Å². The first kappa shape index (κ1) is 20.9. The molecule has 0 aromatic rings. The summed E-state index contributed by atoms with van der Waals surface area (Å²) in [7, 11) is 0. The number of imide groups is 1. The summed E-state index contributed by atoms with van der Waals surface area (Å²) in [6.07, 6.45) is 8.56. The van der Waals surface area contributed by atoms with Crippen molar-refractivity contribution in [1.82, 2.24) is 14.7 Å². The summed E-state index contributed by atoms with van der Waals surface area (Å²) >= 11 is 0. The SMILES string of the molecule is CC1(C)[C@H]2CC[C@]1(C)C(=O)N(CC#CCN1CCN(C3CCCCC3)CC1)C2=O. The van der Waals surface area contributed by atoms with Gasteiger partial charge in [0.05, 0.1) is 18.5 Å². The van der Waals surface area contributed by atoms with Crippen molar-refractivity contribution in [3.8, 4) is 11.8 Å². The Hall–Kier alpha value is -1.38. The van der Waals surface area contributed by atoms with Crippen molar-refractivity contribution >= 4 is 11.8 Å². The zero-order chi connectivity index (χ0) is 20.6. The van der Waals surface area contributed by atoms with Crippen molar-refractivity contribution < 1.29 is 9.59 Å². The molecule has 0 radical (unpaired) electrons. The molecule has 0 spiro atoms. The molecular weight excluding hydrogens is 362 g/mol. The number of rotatable bonds is 3. The highest BCUT2D eigenvalue weighted by molar-refractivity contribution is 6.04. The van der Waals surface area contributed by atoms with Gasteiger partial charge in [0.2, 0.25) is 11.8 Å². The van der Waals surface area contributed by atoms with Crippen LogP contribution >= 0.6 is 0 Å². The van der Waals surface area contributed by atoms with E-state index in [-0.39, 0.29) is 29.7 Å². The van der Waals surface area contributed by atoms with Crippen LogP contribution in [0.2, 0.25) is 0 Å². The van der Waals surface area contributed by atoms with Gasteiger partial charge in [-0.3, -0.25) is 24.3 Å². The third-order valence-corrected chi connectivity index (χ3v) is 8.67. The summed E-state index contributed by atoms with van der Waals surface area (Å²) < 4.78 is 0. The summed E-state index contributed by atoms with van der Waals surface area (Å²) in [5.41, 5.74) is -0.675. The van der Waals surface area contributed by atoms with Crippen LogP contribution in [0.1, 0.15) is 65.7 Å². The van der Waals surface area contributed by atoms with Gasteiger partial charge in [-0.2, -0.15) is 0 Å². The summed E-state index contributed by atoms with van der Waals surface area (Å²) in [5.74, 6) is 6.30. The highest BCUT2D eigenvalue weighted by atomic mass is 16.2. The number of piperazine rings is 1. The highest BCUT2D eigenvalue weighted by Crippen LogP contribution is 2.59. The van der Waals surface area contributed by atoms with Gasteiger partial charge in [-0.05, 0) is 31.1 Å². The molecule has 4 aliphatic rings. The van der Waals surface area contributed by atoms with E-state index in [1.807, 2.05) is 6.92 Å². The quantitative estimate of drug-likeness (QED) is 0.541. The number of amides is 2. The van der Waals surface area contributed by atoms with Crippen molar-refractivity contribution in [1.29, 1.82) is 0 Å². The van der Waals surface area contributed by atoms with E-state index in [0.29, 0.717) is 0 Å². The molecule has 2 heterocycles. The van der Waals surface area contributed by atoms with Gasteiger partial charge < -0.3 is 0 Å². The number of hydrogen-bond donors (Lipinski definition) is 0. The lowest BCUT2D eigenvalue weighted by Gasteiger charge is -2.47. The molecule has 2 aliphatic carbocycles. The van der Waals surface area contributed by atoms with Crippen LogP contribution in [-0.2, 0) is 9.59 Å². The second-order valence-corrected chi connectivity index (χ2v) is 10.3. The Kier molecular flexibility index (Phi) is 5.79. The Morgan fingerprint density at radius 1 is 0.897 bits per heavy atom. The van der Waals surface area contributed by atoms with Crippen LogP contribution in [0, 0.1) is 28.6 Å². The van der Waals surface area contributed by atoms with E-state index in [1.54, 1.807) is 0 Å². The molecule has 0 aromatic carbocycles. The minimum Gasteiger partial charge on any atom is -0.298 e. The first-order valence-corrected chi connectivity index (χ1v) is 11.6. The fraction of sp³-hybridized carbons (Fsp3) is 0.833. The molecule has 2 amide bonds. The van der Waals surface area contributed by atoms with E-state index in [4.69, 9.17) is 0 Å². The van der Waals surface area contributed by atoms with Gasteiger partial charge in [0.25, 0.3) is 0 Å². The first-order chi connectivity index (χ1) is 13.8. The van der Waals surface area contributed by atoms with E-state index < -0.39 is 5.41 Å². The second-order valence-electron chi connectivity index (χ2n) is 10.3. The summed E-state index contributed by atoms with van der Waals surface area (Å²) in [4.78, 5) is 32.4. The second kappa shape index (κ2) is 8.04. The number of fused-ring (bicyclic) bond motifs is 2. The van der Waals surface area contributed by atoms with Gasteiger partial charge in [0.1, 0.15) is 0 Å². The molecule has 0 unspecified atom stereocenters. The lowest BCUT2D eigenvalue weighted by Crippen LogP contribution is -2.59. The van der Waals surface area contributed by atoms with Gasteiger partial charge in [0.15, 0.2) is 0 Å². The van der Waals surface area contributed by atoms with Crippen LogP contribution < -0.4 is 0 Å². The van der Waals surface area contributed by atoms with Crippen molar-refractivity contribution in [2.45, 2.75) is 71.8 Å². The van der Waals surface area contributed by atoms with E-state index in [0.717, 1.165) is 51.6 Å². The van der Waals surface area contributed by atoms with Gasteiger partial charge in [0, 0.05) is 38.1 Å². The zero-order valence-corrected chi connectivity index (χ0v) is 18.5. The topological polar surface area (TPSA) is 43.9 Å². The standard InChI is InChI=1S/C24H37N3O2/c1-23(2)20-11-12-24(23,3)22(29)27(21(20)28)14-8-7-13-25-15-17-26(18-16-25)19-9-5-4-6-10-19/h19-20H,4-6,9-18H2,1-3H3/t20-,24+/m0/s1. The maximum Gasteiger partial charge on any atom is 0.236 e. The van der Waals surface area contributed by atoms with Crippen LogP contribution in [-0.4, -0.2) is 71.8 Å². The average molecular weight is 400 g/mol. The van der Waals surface area contributed by atoms with Crippen LogP contribution in [0.4, 0.5) is 0 Å². The monoisotopic (exact) mass is 399 g/mol. The number of likely N-dealkylation sites (tertiary alicyclic amines) is 1. The molecule has 2 atom stereocenters. The predicted octanol–water partition coefficient (Wildman–Crippen LogP) is 2.75. The third-order valence-electron chi connectivity index (χ3n) is 8.67. The molecular formula is C24H37N3O2. The molecule has 160 valence electrons. The molecule has 29 heavy (non-hydrogen) atoms. The molecule has 4 rings (SSSR count). The Labute approximate surface area is 176 Å². The maximum atomic E-state index is 13.0. The van der Waals surface area contributed by atoms with Gasteiger partial charge in [-0.25, -0.2) is 0 Å². The molecule has 2 bridgehead atoms. The molecule has 0 N–H and O–H groups in total. The third kappa shape index (κ3) is 3.64. The summed E-state index contributed by atoms with van der Waals surface area (Å²) in [6, 6.07) is 0.800. The number of carbonyl (C=O) groups excluding carboxylic acids is 2. The minimum atomic E-state index is -0.428. The van der Waals surface area contributed by atoms with E-state index >= 15 is 0 Å². The lowest BCUT2D eigenvalue weighted by atomic mass is 9.62. The predicted molar refractivity (Wildman–Crippen MR) is 114 cm³/mol.